The summed E-state index contributed by atoms with van der Waals surface area (Å²) >= 11 is 2.44. The third-order valence-electron chi connectivity index (χ3n) is 1.48. The SMILES string of the molecule is CCCN(CCC)CCI. The summed E-state index contributed by atoms with van der Waals surface area (Å²) in [6, 6.07) is 0. The van der Waals surface area contributed by atoms with Gasteiger partial charge in [-0.2, -0.15) is 0 Å². The summed E-state index contributed by atoms with van der Waals surface area (Å²) in [5.74, 6) is 0. The fourth-order valence-electron chi connectivity index (χ4n) is 1.09. The number of hydrogen-bond donors (Lipinski definition) is 0. The molecule has 10 heavy (non-hydrogen) atoms. The molecule has 0 aromatic rings. The van der Waals surface area contributed by atoms with Gasteiger partial charge in [0.15, 0.2) is 0 Å². The molecule has 0 amide bonds. The van der Waals surface area contributed by atoms with Crippen molar-refractivity contribution in [3.05, 3.63) is 0 Å². The molecule has 0 rings (SSSR count). The molecule has 0 N–H and O–H groups in total. The summed E-state index contributed by atoms with van der Waals surface area (Å²) in [5, 5.41) is 0. The van der Waals surface area contributed by atoms with Gasteiger partial charge in [-0.05, 0) is 25.9 Å². The number of alkyl halides is 1. The van der Waals surface area contributed by atoms with E-state index < -0.39 is 0 Å². The molecular weight excluding hydrogens is 237 g/mol. The highest BCUT2D eigenvalue weighted by Crippen LogP contribution is 1.95. The molecule has 0 unspecified atom stereocenters. The molecule has 62 valence electrons. The van der Waals surface area contributed by atoms with Crippen LogP contribution in [0.4, 0.5) is 0 Å². The Balaban J connectivity index is 3.30. The highest BCUT2D eigenvalue weighted by atomic mass is 127. The first-order valence-electron chi connectivity index (χ1n) is 4.13. The van der Waals surface area contributed by atoms with E-state index in [1.807, 2.05) is 0 Å². The number of halogens is 1. The summed E-state index contributed by atoms with van der Waals surface area (Å²) in [5.41, 5.74) is 0. The lowest BCUT2D eigenvalue weighted by molar-refractivity contribution is 0.293. The van der Waals surface area contributed by atoms with Crippen LogP contribution in [0.1, 0.15) is 26.7 Å². The van der Waals surface area contributed by atoms with Crippen molar-refractivity contribution in [1.82, 2.24) is 4.90 Å². The first kappa shape index (κ1) is 10.7. The van der Waals surface area contributed by atoms with E-state index in [2.05, 4.69) is 41.3 Å². The number of nitrogens with zero attached hydrogens (tertiary/aromatic N) is 1. The summed E-state index contributed by atoms with van der Waals surface area (Å²) in [6.45, 7) is 8.31. The van der Waals surface area contributed by atoms with Gasteiger partial charge in [-0.3, -0.25) is 0 Å². The van der Waals surface area contributed by atoms with E-state index in [4.69, 9.17) is 0 Å². The van der Waals surface area contributed by atoms with E-state index in [1.54, 1.807) is 0 Å². The van der Waals surface area contributed by atoms with Gasteiger partial charge in [0, 0.05) is 11.0 Å². The van der Waals surface area contributed by atoms with Gasteiger partial charge in [-0.25, -0.2) is 0 Å². The molecule has 1 nitrogen and oxygen atoms in total. The summed E-state index contributed by atoms with van der Waals surface area (Å²) in [6.07, 6.45) is 2.58. The van der Waals surface area contributed by atoms with Crippen LogP contribution in [0.3, 0.4) is 0 Å². The van der Waals surface area contributed by atoms with Crippen molar-refractivity contribution in [1.29, 1.82) is 0 Å². The Morgan fingerprint density at radius 2 is 1.50 bits per heavy atom. The molecule has 0 aliphatic carbocycles. The minimum atomic E-state index is 1.26. The van der Waals surface area contributed by atoms with Crippen molar-refractivity contribution in [2.45, 2.75) is 26.7 Å². The van der Waals surface area contributed by atoms with Gasteiger partial charge < -0.3 is 4.90 Å². The van der Waals surface area contributed by atoms with Crippen LogP contribution in [0.5, 0.6) is 0 Å². The van der Waals surface area contributed by atoms with E-state index in [0.29, 0.717) is 0 Å². The van der Waals surface area contributed by atoms with Crippen LogP contribution in [-0.4, -0.2) is 29.0 Å². The lowest BCUT2D eigenvalue weighted by atomic mass is 10.3. The average Bonchev–Trinajstić information content (AvgIpc) is 1.90. The third kappa shape index (κ3) is 5.47. The topological polar surface area (TPSA) is 3.24 Å². The van der Waals surface area contributed by atoms with Gasteiger partial charge in [0.25, 0.3) is 0 Å². The molecule has 0 aliphatic heterocycles. The highest BCUT2D eigenvalue weighted by Gasteiger charge is 1.98. The lowest BCUT2D eigenvalue weighted by Crippen LogP contribution is -2.27. The van der Waals surface area contributed by atoms with Gasteiger partial charge in [-0.15, -0.1) is 0 Å². The molecule has 0 spiro atoms. The van der Waals surface area contributed by atoms with Crippen molar-refractivity contribution in [2.24, 2.45) is 0 Å². The van der Waals surface area contributed by atoms with Gasteiger partial charge in [0.2, 0.25) is 0 Å². The first-order chi connectivity index (χ1) is 4.85. The van der Waals surface area contributed by atoms with Crippen molar-refractivity contribution >= 4 is 22.6 Å². The Morgan fingerprint density at radius 1 is 1.00 bits per heavy atom. The van der Waals surface area contributed by atoms with Crippen LogP contribution in [0.25, 0.3) is 0 Å². The van der Waals surface area contributed by atoms with E-state index in [9.17, 15) is 0 Å². The second-order valence-corrected chi connectivity index (χ2v) is 3.61. The second kappa shape index (κ2) is 7.79. The molecule has 0 fully saturated rings. The van der Waals surface area contributed by atoms with E-state index in [0.717, 1.165) is 0 Å². The molecule has 0 aliphatic rings. The van der Waals surface area contributed by atoms with Crippen LogP contribution in [0, 0.1) is 0 Å². The van der Waals surface area contributed by atoms with Gasteiger partial charge >= 0.3 is 0 Å². The average molecular weight is 255 g/mol. The van der Waals surface area contributed by atoms with Crippen LogP contribution in [-0.2, 0) is 0 Å². The normalized spacial score (nSPS) is 10.8. The molecule has 0 aromatic carbocycles. The molecule has 0 heterocycles. The zero-order chi connectivity index (χ0) is 7.82. The van der Waals surface area contributed by atoms with Gasteiger partial charge in [0.05, 0.1) is 0 Å². The standard InChI is InChI=1S/C8H18IN/c1-3-6-10(7-4-2)8-5-9/h3-8H2,1-2H3. The molecule has 0 atom stereocenters. The molecule has 0 saturated carbocycles. The fourth-order valence-corrected chi connectivity index (χ4v) is 1.77. The zero-order valence-corrected chi connectivity index (χ0v) is 9.23. The quantitative estimate of drug-likeness (QED) is 0.520. The molecule has 0 bridgehead atoms. The molecule has 0 aromatic heterocycles. The van der Waals surface area contributed by atoms with E-state index in [-0.39, 0.29) is 0 Å². The number of rotatable bonds is 6. The Labute approximate surface area is 78.3 Å². The Hall–Kier alpha value is 0.690. The predicted molar refractivity (Wildman–Crippen MR) is 55.9 cm³/mol. The van der Waals surface area contributed by atoms with Crippen LogP contribution in [0.2, 0.25) is 0 Å². The van der Waals surface area contributed by atoms with Crippen molar-refractivity contribution < 1.29 is 0 Å². The predicted octanol–water partition coefficient (Wildman–Crippen LogP) is 2.54. The number of hydrogen-bond acceptors (Lipinski definition) is 1. The maximum absolute atomic E-state index is 2.53. The maximum atomic E-state index is 2.53. The summed E-state index contributed by atoms with van der Waals surface area (Å²) < 4.78 is 1.26. The lowest BCUT2D eigenvalue weighted by Gasteiger charge is -2.18. The van der Waals surface area contributed by atoms with Crippen molar-refractivity contribution in [3.8, 4) is 0 Å². The monoisotopic (exact) mass is 255 g/mol. The van der Waals surface area contributed by atoms with Crippen LogP contribution < -0.4 is 0 Å². The molecule has 0 radical (unpaired) electrons. The largest absolute Gasteiger partial charge is 0.303 e. The van der Waals surface area contributed by atoms with Gasteiger partial charge in [-0.1, -0.05) is 36.4 Å². The van der Waals surface area contributed by atoms with E-state index in [1.165, 1.54) is 36.9 Å². The maximum Gasteiger partial charge on any atom is 0.0123 e. The fraction of sp³-hybridized carbons (Fsp3) is 1.00. The minimum Gasteiger partial charge on any atom is -0.303 e. The summed E-state index contributed by atoms with van der Waals surface area (Å²) in [4.78, 5) is 2.53. The smallest absolute Gasteiger partial charge is 0.0123 e. The van der Waals surface area contributed by atoms with Crippen LogP contribution >= 0.6 is 22.6 Å². The highest BCUT2D eigenvalue weighted by molar-refractivity contribution is 14.1. The summed E-state index contributed by atoms with van der Waals surface area (Å²) in [7, 11) is 0. The Morgan fingerprint density at radius 3 is 1.80 bits per heavy atom. The molecule has 2 heteroatoms. The van der Waals surface area contributed by atoms with Crippen molar-refractivity contribution in [2.75, 3.05) is 24.1 Å². The van der Waals surface area contributed by atoms with Crippen molar-refractivity contribution in [3.63, 3.8) is 0 Å². The van der Waals surface area contributed by atoms with E-state index >= 15 is 0 Å². The van der Waals surface area contributed by atoms with Gasteiger partial charge in [0.1, 0.15) is 0 Å². The van der Waals surface area contributed by atoms with Crippen LogP contribution in [0.15, 0.2) is 0 Å². The first-order valence-corrected chi connectivity index (χ1v) is 5.66. The Kier molecular flexibility index (Phi) is 8.33. The molecule has 0 saturated heterocycles. The third-order valence-corrected chi connectivity index (χ3v) is 1.96. The minimum absolute atomic E-state index is 1.26. The Bertz CT molecular complexity index is 52.0. The second-order valence-electron chi connectivity index (χ2n) is 2.53. The molecular formula is C8H18IN. The zero-order valence-electron chi connectivity index (χ0n) is 7.07.